The third kappa shape index (κ3) is 4.63. The number of ether oxygens (including phenoxy) is 1. The van der Waals surface area contributed by atoms with Gasteiger partial charge >= 0.3 is 0 Å². The largest absolute Gasteiger partial charge is 0.484 e. The third-order valence-electron chi connectivity index (χ3n) is 5.70. The summed E-state index contributed by atoms with van der Waals surface area (Å²) in [6, 6.07) is 16.1. The molecule has 0 heterocycles. The lowest BCUT2D eigenvalue weighted by Crippen LogP contribution is -2.15. The molecule has 142 valence electrons. The fraction of sp³-hybridized carbons (Fsp3) is 0.458. The number of nitriles is 1. The van der Waals surface area contributed by atoms with Gasteiger partial charge in [-0.2, -0.15) is 5.26 Å². The highest BCUT2D eigenvalue weighted by molar-refractivity contribution is 5.53. The quantitative estimate of drug-likeness (QED) is 0.582. The number of nitrogen functional groups attached to an aromatic ring is 1. The van der Waals surface area contributed by atoms with Gasteiger partial charge in [0.1, 0.15) is 17.9 Å². The number of hydrogen-bond acceptors (Lipinski definition) is 3. The zero-order chi connectivity index (χ0) is 19.2. The van der Waals surface area contributed by atoms with E-state index in [-0.39, 0.29) is 6.10 Å². The van der Waals surface area contributed by atoms with Gasteiger partial charge < -0.3 is 10.5 Å². The van der Waals surface area contributed by atoms with Gasteiger partial charge in [-0.25, -0.2) is 0 Å². The first-order valence-corrected chi connectivity index (χ1v) is 10.2. The average Bonchev–Trinajstić information content (AvgIpc) is 3.01. The van der Waals surface area contributed by atoms with E-state index in [1.165, 1.54) is 36.8 Å². The Morgan fingerprint density at radius 2 is 2.04 bits per heavy atom. The molecule has 0 aromatic heterocycles. The van der Waals surface area contributed by atoms with Gasteiger partial charge in [0.25, 0.3) is 0 Å². The first-order valence-electron chi connectivity index (χ1n) is 10.2. The fourth-order valence-corrected chi connectivity index (χ4v) is 4.29. The first-order chi connectivity index (χ1) is 13.1. The highest BCUT2D eigenvalue weighted by Crippen LogP contribution is 2.42. The third-order valence-corrected chi connectivity index (χ3v) is 5.70. The Morgan fingerprint density at radius 3 is 2.81 bits per heavy atom. The maximum Gasteiger partial charge on any atom is 0.138 e. The molecule has 2 aromatic carbocycles. The minimum atomic E-state index is 0.0124. The van der Waals surface area contributed by atoms with Crippen LogP contribution in [0.25, 0.3) is 0 Å². The van der Waals surface area contributed by atoms with E-state index < -0.39 is 0 Å². The summed E-state index contributed by atoms with van der Waals surface area (Å²) in [7, 11) is 0. The van der Waals surface area contributed by atoms with E-state index in [0.717, 1.165) is 18.8 Å². The van der Waals surface area contributed by atoms with Gasteiger partial charge in [-0.1, -0.05) is 63.8 Å². The van der Waals surface area contributed by atoms with Crippen LogP contribution in [0.5, 0.6) is 5.75 Å². The number of rotatable bonds is 8. The summed E-state index contributed by atoms with van der Waals surface area (Å²) in [5.74, 6) is 1.89. The van der Waals surface area contributed by atoms with Gasteiger partial charge in [0, 0.05) is 11.6 Å². The van der Waals surface area contributed by atoms with Gasteiger partial charge in [0.05, 0.1) is 5.56 Å². The van der Waals surface area contributed by atoms with Crippen molar-refractivity contribution in [2.75, 3.05) is 5.73 Å². The normalized spacial score (nSPS) is 19.3. The summed E-state index contributed by atoms with van der Waals surface area (Å²) in [4.78, 5) is 0. The average molecular weight is 363 g/mol. The van der Waals surface area contributed by atoms with Gasteiger partial charge in [0.15, 0.2) is 0 Å². The van der Waals surface area contributed by atoms with Crippen molar-refractivity contribution in [3.63, 3.8) is 0 Å². The van der Waals surface area contributed by atoms with E-state index in [2.05, 4.69) is 44.2 Å². The van der Waals surface area contributed by atoms with Gasteiger partial charge in [-0.3, -0.25) is 0 Å². The number of benzene rings is 2. The Hall–Kier alpha value is -2.47. The first kappa shape index (κ1) is 19.3. The molecule has 3 nitrogen and oxygen atoms in total. The molecule has 27 heavy (non-hydrogen) atoms. The number of fused-ring (bicyclic) bond motifs is 1. The summed E-state index contributed by atoms with van der Waals surface area (Å²) in [5.41, 5.74) is 9.57. The van der Waals surface area contributed by atoms with Crippen LogP contribution in [0.15, 0.2) is 42.5 Å². The summed E-state index contributed by atoms with van der Waals surface area (Å²) < 4.78 is 6.42. The molecule has 1 aliphatic carbocycles. The lowest BCUT2D eigenvalue weighted by atomic mass is 9.92. The topological polar surface area (TPSA) is 59.0 Å². The van der Waals surface area contributed by atoms with Crippen molar-refractivity contribution in [1.82, 2.24) is 0 Å². The van der Waals surface area contributed by atoms with Crippen LogP contribution in [0.1, 0.15) is 68.7 Å². The molecule has 3 atom stereocenters. The van der Waals surface area contributed by atoms with E-state index >= 15 is 0 Å². The van der Waals surface area contributed by atoms with Gasteiger partial charge in [0.2, 0.25) is 0 Å². The van der Waals surface area contributed by atoms with E-state index in [1.807, 2.05) is 6.07 Å². The van der Waals surface area contributed by atoms with Crippen LogP contribution in [-0.4, -0.2) is 0 Å². The molecule has 3 unspecified atom stereocenters. The molecule has 0 saturated carbocycles. The minimum absolute atomic E-state index is 0.0124. The lowest BCUT2D eigenvalue weighted by Gasteiger charge is -2.23. The number of anilines is 1. The number of hydrogen-bond donors (Lipinski definition) is 1. The lowest BCUT2D eigenvalue weighted by molar-refractivity contribution is 0.140. The Balaban J connectivity index is 1.76. The molecule has 1 aliphatic rings. The highest BCUT2D eigenvalue weighted by atomic mass is 16.5. The number of nitrogens with zero attached hydrogens (tertiary/aromatic N) is 1. The Labute approximate surface area is 163 Å². The van der Waals surface area contributed by atoms with Crippen molar-refractivity contribution in [2.45, 2.75) is 58.5 Å². The van der Waals surface area contributed by atoms with Crippen LogP contribution in [0, 0.1) is 23.2 Å². The monoisotopic (exact) mass is 362 g/mol. The summed E-state index contributed by atoms with van der Waals surface area (Å²) >= 11 is 0. The van der Waals surface area contributed by atoms with E-state index in [9.17, 15) is 5.26 Å². The molecule has 0 bridgehead atoms. The molecule has 0 aliphatic heterocycles. The molecular weight excluding hydrogens is 332 g/mol. The Kier molecular flexibility index (Phi) is 6.40. The highest BCUT2D eigenvalue weighted by Gasteiger charge is 2.34. The van der Waals surface area contributed by atoms with Crippen LogP contribution >= 0.6 is 0 Å². The van der Waals surface area contributed by atoms with Crippen molar-refractivity contribution in [2.24, 2.45) is 11.8 Å². The summed E-state index contributed by atoms with van der Waals surface area (Å²) in [6.07, 6.45) is 7.30. The summed E-state index contributed by atoms with van der Waals surface area (Å²) in [6.45, 7) is 4.61. The smallest absolute Gasteiger partial charge is 0.138 e. The molecular formula is C24H30N2O. The molecule has 0 saturated heterocycles. The van der Waals surface area contributed by atoms with Crippen molar-refractivity contribution < 1.29 is 4.74 Å². The minimum Gasteiger partial charge on any atom is -0.484 e. The van der Waals surface area contributed by atoms with E-state index in [0.29, 0.717) is 22.9 Å². The molecule has 2 N–H and O–H groups in total. The number of nitrogens with two attached hydrogens (primary N) is 1. The second-order valence-corrected chi connectivity index (χ2v) is 7.89. The summed E-state index contributed by atoms with van der Waals surface area (Å²) in [5, 5.41) is 9.45. The maximum absolute atomic E-state index is 9.45. The standard InChI is InChI=1S/C24H30N2O/c1-3-7-17(2)8-6-10-19-14-18-9-4-5-11-22(18)24(19)27-23-13-12-21(26)15-20(23)16-25/h4-5,9,11-13,15,17,19,24H,3,6-8,10,14,26H2,1-2H3. The van der Waals surface area contributed by atoms with Crippen molar-refractivity contribution >= 4 is 5.69 Å². The molecule has 0 radical (unpaired) electrons. The van der Waals surface area contributed by atoms with Crippen LogP contribution in [-0.2, 0) is 6.42 Å². The second-order valence-electron chi connectivity index (χ2n) is 7.89. The second kappa shape index (κ2) is 8.95. The molecule has 3 heteroatoms. The Bertz CT molecular complexity index is 808. The van der Waals surface area contributed by atoms with Crippen LogP contribution in [0.2, 0.25) is 0 Å². The fourth-order valence-electron chi connectivity index (χ4n) is 4.29. The predicted octanol–water partition coefficient (Wildman–Crippen LogP) is 6.04. The van der Waals surface area contributed by atoms with Gasteiger partial charge in [-0.05, 0) is 48.1 Å². The SMILES string of the molecule is CCCC(C)CCCC1Cc2ccccc2C1Oc1ccc(N)cc1C#N. The molecule has 3 rings (SSSR count). The predicted molar refractivity (Wildman–Crippen MR) is 110 cm³/mol. The van der Waals surface area contributed by atoms with Crippen LogP contribution in [0.3, 0.4) is 0 Å². The van der Waals surface area contributed by atoms with Crippen molar-refractivity contribution in [1.29, 1.82) is 5.26 Å². The van der Waals surface area contributed by atoms with Gasteiger partial charge in [-0.15, -0.1) is 0 Å². The zero-order valence-electron chi connectivity index (χ0n) is 16.4. The maximum atomic E-state index is 9.45. The van der Waals surface area contributed by atoms with Crippen LogP contribution in [0.4, 0.5) is 5.69 Å². The van der Waals surface area contributed by atoms with Crippen LogP contribution < -0.4 is 10.5 Å². The molecule has 0 amide bonds. The van der Waals surface area contributed by atoms with Crippen molar-refractivity contribution in [3.8, 4) is 11.8 Å². The van der Waals surface area contributed by atoms with E-state index in [4.69, 9.17) is 10.5 Å². The Morgan fingerprint density at radius 1 is 1.22 bits per heavy atom. The van der Waals surface area contributed by atoms with Crippen molar-refractivity contribution in [3.05, 3.63) is 59.2 Å². The molecule has 0 spiro atoms. The van der Waals surface area contributed by atoms with E-state index in [1.54, 1.807) is 12.1 Å². The zero-order valence-corrected chi connectivity index (χ0v) is 16.4. The molecule has 0 fully saturated rings. The molecule has 2 aromatic rings.